The van der Waals surface area contributed by atoms with E-state index in [1.165, 1.54) is 31.8 Å². The average molecular weight is 304 g/mol. The summed E-state index contributed by atoms with van der Waals surface area (Å²) in [6.07, 6.45) is 0. The molecule has 0 spiro atoms. The van der Waals surface area contributed by atoms with E-state index in [4.69, 9.17) is 23.2 Å². The number of benzene rings is 1. The molecule has 2 aromatic rings. The fraction of sp³-hybridized carbons (Fsp3) is 0.250. The Bertz CT molecular complexity index is 626. The molecular formula is C12H11Cl2NS2. The Morgan fingerprint density at radius 2 is 1.59 bits per heavy atom. The molecule has 0 radical (unpaired) electrons. The summed E-state index contributed by atoms with van der Waals surface area (Å²) < 4.78 is 1.39. The molecule has 1 heterocycles. The minimum absolute atomic E-state index is 0.555. The fourth-order valence-electron chi connectivity index (χ4n) is 1.48. The summed E-state index contributed by atoms with van der Waals surface area (Å²) in [4.78, 5) is 4.58. The fourth-order valence-corrected chi connectivity index (χ4v) is 4.22. The largest absolute Gasteiger partial charge is 0.235 e. The molecule has 0 N–H and O–H groups in total. The first-order valence-corrected chi connectivity index (χ1v) is 7.96. The van der Waals surface area contributed by atoms with Crippen molar-refractivity contribution in [2.75, 3.05) is 0 Å². The van der Waals surface area contributed by atoms with E-state index in [-0.39, 0.29) is 0 Å². The van der Waals surface area contributed by atoms with E-state index in [9.17, 15) is 0 Å². The van der Waals surface area contributed by atoms with Gasteiger partial charge in [0.25, 0.3) is 0 Å². The van der Waals surface area contributed by atoms with Crippen molar-refractivity contribution < 1.29 is 0 Å². The minimum Gasteiger partial charge on any atom is -0.235 e. The van der Waals surface area contributed by atoms with Crippen molar-refractivity contribution in [3.63, 3.8) is 0 Å². The van der Waals surface area contributed by atoms with Gasteiger partial charge in [-0.25, -0.2) is 4.99 Å². The summed E-state index contributed by atoms with van der Waals surface area (Å²) in [6.45, 7) is 6.24. The summed E-state index contributed by atoms with van der Waals surface area (Å²) in [5.41, 5.74) is 4.62. The molecule has 1 aromatic carbocycles. The number of rotatable bonds is 1. The first kappa shape index (κ1) is 13.1. The maximum absolute atomic E-state index is 6.08. The first-order chi connectivity index (χ1) is 7.99. The smallest absolute Gasteiger partial charge is 0.147 e. The monoisotopic (exact) mass is 303 g/mol. The van der Waals surface area contributed by atoms with Crippen molar-refractivity contribution >= 4 is 49.6 Å². The van der Waals surface area contributed by atoms with Gasteiger partial charge in [0.15, 0.2) is 0 Å². The molecule has 0 saturated carbocycles. The van der Waals surface area contributed by atoms with Gasteiger partial charge in [-0.15, -0.1) is 0 Å². The predicted molar refractivity (Wildman–Crippen MR) is 78.1 cm³/mol. The number of hydrogen-bond donors (Lipinski definition) is 0. The molecule has 17 heavy (non-hydrogen) atoms. The number of halogens is 2. The summed E-state index contributed by atoms with van der Waals surface area (Å²) in [5.74, 6) is 0. The second-order valence-corrected chi connectivity index (χ2v) is 7.00. The highest BCUT2D eigenvalue weighted by atomic mass is 35.5. The Labute approximate surface area is 118 Å². The lowest BCUT2D eigenvalue weighted by atomic mass is 10.1. The lowest BCUT2D eigenvalue weighted by Crippen LogP contribution is -1.93. The Kier molecular flexibility index (Phi) is 3.93. The first-order valence-electron chi connectivity index (χ1n) is 5.05. The topological polar surface area (TPSA) is 12.4 Å². The van der Waals surface area contributed by atoms with Crippen LogP contribution in [0, 0.1) is 20.8 Å². The third-order valence-electron chi connectivity index (χ3n) is 2.59. The summed E-state index contributed by atoms with van der Waals surface area (Å²) >= 11 is 12.0. The van der Waals surface area contributed by atoms with E-state index in [1.807, 2.05) is 0 Å². The van der Waals surface area contributed by atoms with Crippen LogP contribution >= 0.6 is 43.9 Å². The van der Waals surface area contributed by atoms with Gasteiger partial charge in [-0.3, -0.25) is 0 Å². The maximum Gasteiger partial charge on any atom is 0.147 e. The Hall–Kier alpha value is -0.350. The molecular weight excluding hydrogens is 293 g/mol. The van der Waals surface area contributed by atoms with E-state index in [1.54, 1.807) is 0 Å². The molecule has 0 bridgehead atoms. The normalized spacial score (nSPS) is 12.2. The molecule has 5 heteroatoms. The molecule has 2 rings (SSSR count). The van der Waals surface area contributed by atoms with Crippen LogP contribution in [0.2, 0.25) is 9.36 Å². The highest BCUT2D eigenvalue weighted by molar-refractivity contribution is 7.69. The highest BCUT2D eigenvalue weighted by Crippen LogP contribution is 2.28. The average Bonchev–Trinajstić information content (AvgIpc) is 2.58. The van der Waals surface area contributed by atoms with Crippen molar-refractivity contribution in [2.45, 2.75) is 20.8 Å². The van der Waals surface area contributed by atoms with Gasteiger partial charge in [0, 0.05) is 0 Å². The Morgan fingerprint density at radius 3 is 2.18 bits per heavy atom. The van der Waals surface area contributed by atoms with Crippen LogP contribution in [0.1, 0.15) is 16.7 Å². The van der Waals surface area contributed by atoms with Crippen molar-refractivity contribution in [2.24, 2.45) is 4.99 Å². The molecule has 0 aliphatic carbocycles. The van der Waals surface area contributed by atoms with Gasteiger partial charge >= 0.3 is 0 Å². The Morgan fingerprint density at radius 1 is 0.941 bits per heavy atom. The van der Waals surface area contributed by atoms with E-state index in [2.05, 4.69) is 37.9 Å². The van der Waals surface area contributed by atoms with E-state index < -0.39 is 0 Å². The predicted octanol–water partition coefficient (Wildman–Crippen LogP) is 5.27. The molecule has 0 unspecified atom stereocenters. The zero-order chi connectivity index (χ0) is 12.6. The summed E-state index contributed by atoms with van der Waals surface area (Å²) in [5, 5.41) is 0.555. The van der Waals surface area contributed by atoms with E-state index in [0.29, 0.717) is 9.36 Å². The third kappa shape index (κ3) is 2.74. The molecule has 0 fully saturated rings. The molecule has 1 aromatic heterocycles. The zero-order valence-corrected chi connectivity index (χ0v) is 12.8. The number of hydrogen-bond acceptors (Lipinski definition) is 3. The van der Waals surface area contributed by atoms with Crippen LogP contribution in [0.3, 0.4) is 0 Å². The van der Waals surface area contributed by atoms with Gasteiger partial charge in [0.2, 0.25) is 0 Å². The SMILES string of the molecule is Cc1cc(C)c(N=c2ssc(Cl)c2Cl)cc1C. The van der Waals surface area contributed by atoms with E-state index >= 15 is 0 Å². The van der Waals surface area contributed by atoms with Gasteiger partial charge in [-0.2, -0.15) is 0 Å². The molecule has 0 aliphatic rings. The van der Waals surface area contributed by atoms with Crippen molar-refractivity contribution in [1.82, 2.24) is 0 Å². The van der Waals surface area contributed by atoms with Crippen LogP contribution in [0.5, 0.6) is 0 Å². The van der Waals surface area contributed by atoms with Gasteiger partial charge in [-0.05, 0) is 43.5 Å². The second kappa shape index (κ2) is 5.11. The zero-order valence-electron chi connectivity index (χ0n) is 9.67. The second-order valence-electron chi connectivity index (χ2n) is 3.89. The summed E-state index contributed by atoms with van der Waals surface area (Å²) in [6, 6.07) is 4.22. The maximum atomic E-state index is 6.08. The van der Waals surface area contributed by atoms with Crippen molar-refractivity contribution in [1.29, 1.82) is 0 Å². The van der Waals surface area contributed by atoms with Crippen LogP contribution in [-0.4, -0.2) is 0 Å². The van der Waals surface area contributed by atoms with Gasteiger partial charge in [-0.1, -0.05) is 49.9 Å². The summed E-state index contributed by atoms with van der Waals surface area (Å²) in [7, 11) is 2.95. The quantitative estimate of drug-likeness (QED) is 0.636. The van der Waals surface area contributed by atoms with Crippen LogP contribution < -0.4 is 4.67 Å². The van der Waals surface area contributed by atoms with Crippen LogP contribution in [0.4, 0.5) is 5.69 Å². The molecule has 90 valence electrons. The van der Waals surface area contributed by atoms with Crippen LogP contribution in [-0.2, 0) is 0 Å². The number of aryl methyl sites for hydroxylation is 3. The molecule has 0 atom stereocenters. The Balaban J connectivity index is 2.60. The molecule has 1 nitrogen and oxygen atoms in total. The van der Waals surface area contributed by atoms with Crippen LogP contribution in [0.25, 0.3) is 0 Å². The number of nitrogens with zero attached hydrogens (tertiary/aromatic N) is 1. The van der Waals surface area contributed by atoms with Gasteiger partial charge in [0.1, 0.15) is 14.0 Å². The van der Waals surface area contributed by atoms with Gasteiger partial charge in [0.05, 0.1) is 5.69 Å². The van der Waals surface area contributed by atoms with Gasteiger partial charge < -0.3 is 0 Å². The lowest BCUT2D eigenvalue weighted by molar-refractivity contribution is 1.26. The minimum atomic E-state index is 0.555. The molecule has 0 amide bonds. The van der Waals surface area contributed by atoms with Crippen LogP contribution in [0.15, 0.2) is 17.1 Å². The van der Waals surface area contributed by atoms with Crippen molar-refractivity contribution in [3.05, 3.63) is 42.9 Å². The van der Waals surface area contributed by atoms with Crippen molar-refractivity contribution in [3.8, 4) is 0 Å². The van der Waals surface area contributed by atoms with E-state index in [0.717, 1.165) is 15.9 Å². The molecule has 0 aliphatic heterocycles. The standard InChI is InChI=1S/C12H11Cl2NS2/c1-6-4-8(3)9(5-7(6)2)15-12-10(13)11(14)16-17-12/h4-5H,1-3H3. The lowest BCUT2D eigenvalue weighted by Gasteiger charge is -2.04. The third-order valence-corrected chi connectivity index (χ3v) is 6.08. The molecule has 0 saturated heterocycles. The highest BCUT2D eigenvalue weighted by Gasteiger charge is 2.05.